The molecule has 2 aromatic rings. The van der Waals surface area contributed by atoms with Gasteiger partial charge in [0.15, 0.2) is 42.1 Å². The van der Waals surface area contributed by atoms with Crippen LogP contribution in [0.1, 0.15) is 150 Å². The zero-order valence-corrected chi connectivity index (χ0v) is 51.5. The number of aromatic nitrogens is 4. The minimum Gasteiger partial charge on any atom is -0.481 e. The van der Waals surface area contributed by atoms with Crippen LogP contribution < -0.4 is 5.32 Å². The Kier molecular flexibility index (Phi) is 20.1. The number of carboxylic acids is 1. The number of esters is 1. The normalized spacial score (nSPS) is 43.5. The maximum absolute atomic E-state index is 13.1. The summed E-state index contributed by atoms with van der Waals surface area (Å²) in [6.45, 7) is 11.0. The minimum absolute atomic E-state index is 0.0130. The fourth-order valence-corrected chi connectivity index (χ4v) is 17.1. The Morgan fingerprint density at radius 1 is 0.750 bits per heavy atom. The van der Waals surface area contributed by atoms with Crippen LogP contribution in [0.3, 0.4) is 0 Å². The molecule has 4 saturated heterocycles. The lowest BCUT2D eigenvalue weighted by atomic mass is 9.42. The quantitative estimate of drug-likeness (QED) is 0.0465. The third-order valence-corrected chi connectivity index (χ3v) is 21.9. The summed E-state index contributed by atoms with van der Waals surface area (Å²) < 4.78 is 56.9. The molecule has 0 radical (unpaired) electrons. The number of cyclic esters (lactones) is 1. The molecule has 0 spiro atoms. The molecule has 0 bridgehead atoms. The van der Waals surface area contributed by atoms with Crippen molar-refractivity contribution in [3.05, 3.63) is 24.3 Å². The summed E-state index contributed by atoms with van der Waals surface area (Å²) in [4.78, 5) is 50.8. The number of carboxylic acid groups (broad SMARTS) is 1. The fraction of sp³-hybridized carbons (Fsp3) is 0.839. The van der Waals surface area contributed by atoms with Crippen LogP contribution >= 0.6 is 0 Å². The van der Waals surface area contributed by atoms with Crippen molar-refractivity contribution in [2.24, 2.45) is 34.5 Å². The largest absolute Gasteiger partial charge is 0.481 e. The molecule has 11 rings (SSSR count). The van der Waals surface area contributed by atoms with Gasteiger partial charge in [-0.3, -0.25) is 14.2 Å². The molecule has 492 valence electrons. The number of anilines is 1. The first-order chi connectivity index (χ1) is 41.9. The predicted octanol–water partition coefficient (Wildman–Crippen LogP) is 3.00. The van der Waals surface area contributed by atoms with Gasteiger partial charge in [-0.15, -0.1) is 0 Å². The molecule has 25 atom stereocenters. The molecule has 7 heterocycles. The average Bonchev–Trinajstić information content (AvgIpc) is 1.35. The zero-order chi connectivity index (χ0) is 62.6. The Hall–Kier alpha value is -3.94. The minimum atomic E-state index is -1.31. The average molecular weight is 1240 g/mol. The summed E-state index contributed by atoms with van der Waals surface area (Å²) in [5, 5.41) is 92.3. The number of hydrogen-bond donors (Lipinski definition) is 9. The van der Waals surface area contributed by atoms with E-state index in [1.807, 2.05) is 18.7 Å². The number of rotatable bonds is 22. The predicted molar refractivity (Wildman–Crippen MR) is 309 cm³/mol. The Morgan fingerprint density at radius 2 is 1.42 bits per heavy atom. The Morgan fingerprint density at radius 3 is 2.07 bits per heavy atom. The number of fused-ring (bicyclic) bond motifs is 6. The van der Waals surface area contributed by atoms with Gasteiger partial charge in [0.25, 0.3) is 0 Å². The molecule has 1 amide bonds. The molecule has 88 heavy (non-hydrogen) atoms. The molecule has 9 N–H and O–H groups in total. The van der Waals surface area contributed by atoms with E-state index in [1.165, 1.54) is 17.2 Å². The van der Waals surface area contributed by atoms with Crippen LogP contribution in [-0.2, 0) is 57.0 Å². The number of aliphatic hydroxyl groups excluding tert-OH is 6. The van der Waals surface area contributed by atoms with E-state index in [9.17, 15) is 50.1 Å². The standard InChI is InChI=1S/C62H94N6O20/c1-31-54(80-20-9-7-8-11-45(73)66-57-51-58(64-29-63-57)68(30-65-51)59-53(78)52(77)43(86-59)27-67(6)19-10-12-46(74)75)40(69)24-49(82-31)87-56-33(3)84-50(26-42(56)71)88-55-32(2)83-48(25-41(55)70)85-36-15-17-60(4)35(22-36)13-14-38-39(60)23-44(72)61(5)37(16-18-62(38,61)79)34-21-47(76)81-28-34/h21,29-33,35-44,48-50,52-56,59,69-72,77-79H,7-20,22-28H2,1-6H3,(H,74,75)(H,63,64,66,73)/t31-,32-,33-,35-,36-,37-,38?,39+,40+,41+,42+,43-,44-,48+,49?,50?,52-,53-,54-,55-,56-,59-,60+,61+,62+/m1/s1. The maximum atomic E-state index is 13.1. The van der Waals surface area contributed by atoms with Crippen molar-refractivity contribution in [3.63, 3.8) is 0 Å². The first kappa shape index (κ1) is 65.5. The van der Waals surface area contributed by atoms with E-state index in [1.54, 1.807) is 27.0 Å². The number of amides is 1. The second-order valence-corrected chi connectivity index (χ2v) is 27.4. The van der Waals surface area contributed by atoms with Crippen molar-refractivity contribution in [2.45, 2.75) is 260 Å². The van der Waals surface area contributed by atoms with Gasteiger partial charge in [-0.25, -0.2) is 19.7 Å². The van der Waals surface area contributed by atoms with Crippen LogP contribution in [0.4, 0.5) is 5.82 Å². The number of unbranched alkanes of at least 4 members (excludes halogenated alkanes) is 2. The molecular weight excluding hydrogens is 1150 g/mol. The lowest BCUT2D eigenvalue weighted by Gasteiger charge is -2.65. The Balaban J connectivity index is 0.571. The highest BCUT2D eigenvalue weighted by atomic mass is 16.7. The van der Waals surface area contributed by atoms with Crippen LogP contribution in [0.5, 0.6) is 0 Å². The van der Waals surface area contributed by atoms with Crippen LogP contribution in [0, 0.1) is 34.5 Å². The summed E-state index contributed by atoms with van der Waals surface area (Å²) in [6, 6.07) is 0. The fourth-order valence-electron chi connectivity index (χ4n) is 17.1. The van der Waals surface area contributed by atoms with Crippen LogP contribution in [0.15, 0.2) is 24.3 Å². The van der Waals surface area contributed by atoms with Crippen molar-refractivity contribution in [2.75, 3.05) is 38.7 Å². The number of ether oxygens (including phenoxy) is 9. The number of nitrogens with zero attached hydrogens (tertiary/aromatic N) is 5. The van der Waals surface area contributed by atoms with Crippen molar-refractivity contribution in [1.82, 2.24) is 24.4 Å². The molecule has 4 saturated carbocycles. The number of nitrogens with one attached hydrogen (secondary N) is 1. The summed E-state index contributed by atoms with van der Waals surface area (Å²) in [5.41, 5.74) is -0.443. The topological polar surface area (TPSA) is 355 Å². The number of aliphatic hydroxyl groups is 7. The summed E-state index contributed by atoms with van der Waals surface area (Å²) in [6.07, 6.45) is -1.09. The van der Waals surface area contributed by atoms with E-state index in [2.05, 4.69) is 27.2 Å². The molecule has 9 aliphatic rings. The Bertz CT molecular complexity index is 2760. The number of carbonyl (C=O) groups is 3. The van der Waals surface area contributed by atoms with Gasteiger partial charge in [0, 0.05) is 56.7 Å². The monoisotopic (exact) mass is 1240 g/mol. The van der Waals surface area contributed by atoms with E-state index < -0.39 is 121 Å². The van der Waals surface area contributed by atoms with E-state index in [4.69, 9.17) is 47.7 Å². The number of likely N-dealkylation sites (N-methyl/N-ethyl adjacent to an activating group) is 1. The van der Waals surface area contributed by atoms with Gasteiger partial charge in [-0.1, -0.05) is 20.3 Å². The van der Waals surface area contributed by atoms with Crippen LogP contribution in [-0.4, -0.2) is 226 Å². The van der Waals surface area contributed by atoms with Crippen LogP contribution in [0.2, 0.25) is 0 Å². The van der Waals surface area contributed by atoms with Gasteiger partial charge in [-0.2, -0.15) is 0 Å². The number of hydrogen-bond acceptors (Lipinski definition) is 23. The highest BCUT2D eigenvalue weighted by molar-refractivity contribution is 5.96. The zero-order valence-electron chi connectivity index (χ0n) is 51.5. The molecule has 26 nitrogen and oxygen atoms in total. The molecule has 8 fully saturated rings. The van der Waals surface area contributed by atoms with Crippen molar-refractivity contribution in [1.29, 1.82) is 0 Å². The molecule has 5 aliphatic heterocycles. The highest BCUT2D eigenvalue weighted by Crippen LogP contribution is 2.70. The smallest absolute Gasteiger partial charge is 0.331 e. The summed E-state index contributed by atoms with van der Waals surface area (Å²) in [7, 11) is 1.78. The van der Waals surface area contributed by atoms with Gasteiger partial charge in [0.2, 0.25) is 5.91 Å². The summed E-state index contributed by atoms with van der Waals surface area (Å²) in [5.74, 6) is -0.933. The van der Waals surface area contributed by atoms with E-state index >= 15 is 0 Å². The third-order valence-electron chi connectivity index (χ3n) is 21.9. The maximum Gasteiger partial charge on any atom is 0.331 e. The molecule has 4 aliphatic carbocycles. The second-order valence-electron chi connectivity index (χ2n) is 27.4. The lowest BCUT2D eigenvalue weighted by Crippen LogP contribution is -2.67. The van der Waals surface area contributed by atoms with Gasteiger partial charge in [-0.05, 0) is 140 Å². The molecule has 3 unspecified atom stereocenters. The Labute approximate surface area is 512 Å². The van der Waals surface area contributed by atoms with E-state index in [-0.39, 0.29) is 103 Å². The highest BCUT2D eigenvalue weighted by Gasteiger charge is 2.71. The first-order valence-corrected chi connectivity index (χ1v) is 32.2. The number of aliphatic carboxylic acids is 1. The van der Waals surface area contributed by atoms with Gasteiger partial charge in [0.05, 0.1) is 60.8 Å². The molecule has 0 aromatic carbocycles. The van der Waals surface area contributed by atoms with Gasteiger partial charge in [0.1, 0.15) is 49.6 Å². The molecule has 26 heteroatoms. The SMILES string of the molecule is C[C@H]1OC(O[C@H]2[C@@H](O)CC(O[C@H]3[C@@H](O)C[C@H](O[C@@H]4CC[C@@]5(C)[C@H](CCC6[C@@H]5C[C@@H](O)[C@]5(C)[C@@H](C7=CC(=O)OC7)CC[C@]65O)C4)O[C@@H]3C)O[C@@H]2C)C[C@H](O)[C@@H]1OCCCCCC(=O)Nc1ncnc2c1ncn2[C@@H]1O[C@H](CN(C)CCCC(=O)O)[C@@H](O)[C@H]1O. The third kappa shape index (κ3) is 13.1. The van der Waals surface area contributed by atoms with E-state index in [0.717, 1.165) is 44.1 Å². The lowest BCUT2D eigenvalue weighted by molar-refractivity contribution is -0.337. The molecule has 2 aromatic heterocycles. The van der Waals surface area contributed by atoms with Gasteiger partial charge >= 0.3 is 11.9 Å². The van der Waals surface area contributed by atoms with Crippen molar-refractivity contribution >= 4 is 34.8 Å². The van der Waals surface area contributed by atoms with Crippen molar-refractivity contribution < 1.29 is 97.9 Å². The van der Waals surface area contributed by atoms with Gasteiger partial charge < -0.3 is 93.7 Å². The van der Waals surface area contributed by atoms with E-state index in [0.29, 0.717) is 57.6 Å². The second kappa shape index (κ2) is 27.0. The summed E-state index contributed by atoms with van der Waals surface area (Å²) >= 11 is 0. The first-order valence-electron chi connectivity index (χ1n) is 32.2. The molecular formula is C62H94N6O20. The van der Waals surface area contributed by atoms with Crippen molar-refractivity contribution in [3.8, 4) is 0 Å². The number of imidazole rings is 1. The number of carbonyl (C=O) groups excluding carboxylic acids is 2. The van der Waals surface area contributed by atoms with Crippen LogP contribution in [0.25, 0.3) is 11.2 Å².